The van der Waals surface area contributed by atoms with Gasteiger partial charge in [0.05, 0.1) is 13.0 Å². The van der Waals surface area contributed by atoms with Crippen LogP contribution in [-0.2, 0) is 11.2 Å². The molecular weight excluding hydrogens is 550 g/mol. The smallest absolute Gasteiger partial charge is 0.326 e. The SMILES string of the molecule is Cc1[nH]c2c(c1CC(=O)N1CCC(COc3cccc(NC(=O)Nc4csc(-c5ccncc5)n4)n3)C1)C=CCC=C2. The molecule has 1 aliphatic heterocycles. The quantitative estimate of drug-likeness (QED) is 0.242. The fraction of sp³-hybridized carbons (Fsp3) is 0.258. The second-order valence-corrected chi connectivity index (χ2v) is 11.2. The minimum atomic E-state index is -0.447. The van der Waals surface area contributed by atoms with Gasteiger partial charge in [-0.1, -0.05) is 24.3 Å². The maximum absolute atomic E-state index is 13.2. The fourth-order valence-electron chi connectivity index (χ4n) is 5.16. The van der Waals surface area contributed by atoms with Crippen molar-refractivity contribution in [3.63, 3.8) is 0 Å². The first-order valence-electron chi connectivity index (χ1n) is 13.9. The van der Waals surface area contributed by atoms with E-state index in [-0.39, 0.29) is 11.8 Å². The van der Waals surface area contributed by atoms with Gasteiger partial charge in [-0.05, 0) is 49.6 Å². The molecule has 214 valence electrons. The zero-order valence-electron chi connectivity index (χ0n) is 23.2. The summed E-state index contributed by atoms with van der Waals surface area (Å²) in [4.78, 5) is 43.9. The Morgan fingerprint density at radius 1 is 1.10 bits per heavy atom. The highest BCUT2D eigenvalue weighted by molar-refractivity contribution is 7.13. The number of likely N-dealkylation sites (tertiary alicyclic amines) is 1. The van der Waals surface area contributed by atoms with Crippen LogP contribution < -0.4 is 15.4 Å². The Bertz CT molecular complexity index is 1640. The summed E-state index contributed by atoms with van der Waals surface area (Å²) >= 11 is 1.43. The van der Waals surface area contributed by atoms with Crippen molar-refractivity contribution in [1.82, 2.24) is 24.8 Å². The van der Waals surface area contributed by atoms with E-state index in [1.807, 2.05) is 24.0 Å². The number of aryl methyl sites for hydroxylation is 1. The van der Waals surface area contributed by atoms with Crippen LogP contribution in [0.4, 0.5) is 16.4 Å². The predicted molar refractivity (Wildman–Crippen MR) is 164 cm³/mol. The van der Waals surface area contributed by atoms with Gasteiger partial charge in [-0.3, -0.25) is 20.4 Å². The van der Waals surface area contributed by atoms with Crippen molar-refractivity contribution in [1.29, 1.82) is 0 Å². The van der Waals surface area contributed by atoms with Crippen LogP contribution in [0.15, 0.2) is 60.3 Å². The van der Waals surface area contributed by atoms with Crippen LogP contribution in [0.1, 0.15) is 35.4 Å². The molecule has 0 radical (unpaired) electrons. The fourth-order valence-corrected chi connectivity index (χ4v) is 5.92. The molecule has 3 amide bonds. The first kappa shape index (κ1) is 27.4. The normalized spacial score (nSPS) is 15.7. The molecule has 2 aliphatic rings. The lowest BCUT2D eigenvalue weighted by molar-refractivity contribution is -0.129. The number of carbonyl (C=O) groups excluding carboxylic acids is 2. The van der Waals surface area contributed by atoms with Crippen LogP contribution in [0.3, 0.4) is 0 Å². The van der Waals surface area contributed by atoms with Crippen molar-refractivity contribution in [2.75, 3.05) is 30.3 Å². The van der Waals surface area contributed by atoms with Gasteiger partial charge in [0.25, 0.3) is 0 Å². The van der Waals surface area contributed by atoms with E-state index < -0.39 is 6.03 Å². The molecule has 42 heavy (non-hydrogen) atoms. The summed E-state index contributed by atoms with van der Waals surface area (Å²) in [6, 6.07) is 8.51. The maximum Gasteiger partial charge on any atom is 0.326 e. The lowest BCUT2D eigenvalue weighted by Gasteiger charge is -2.17. The molecule has 1 unspecified atom stereocenters. The molecular formula is C31H31N7O3S. The Morgan fingerprint density at radius 2 is 1.93 bits per heavy atom. The number of allylic oxidation sites excluding steroid dienone is 2. The summed E-state index contributed by atoms with van der Waals surface area (Å²) in [5.41, 5.74) is 5.22. The number of aromatic nitrogens is 4. The zero-order valence-corrected chi connectivity index (χ0v) is 24.0. The highest BCUT2D eigenvalue weighted by atomic mass is 32.1. The highest BCUT2D eigenvalue weighted by Gasteiger charge is 2.28. The Balaban J connectivity index is 0.985. The number of nitrogens with zero attached hydrogens (tertiary/aromatic N) is 4. The van der Waals surface area contributed by atoms with E-state index in [0.29, 0.717) is 43.6 Å². The summed E-state index contributed by atoms with van der Waals surface area (Å²) in [5, 5.41) is 8.03. The van der Waals surface area contributed by atoms with Crippen LogP contribution in [-0.4, -0.2) is 56.5 Å². The largest absolute Gasteiger partial charge is 0.477 e. The average molecular weight is 582 g/mol. The van der Waals surface area contributed by atoms with Crippen LogP contribution in [0.5, 0.6) is 5.88 Å². The van der Waals surface area contributed by atoms with Crippen molar-refractivity contribution < 1.29 is 14.3 Å². The number of anilines is 2. The first-order chi connectivity index (χ1) is 20.5. The number of carbonyl (C=O) groups is 2. The predicted octanol–water partition coefficient (Wildman–Crippen LogP) is 5.78. The van der Waals surface area contributed by atoms with Crippen LogP contribution in [0.25, 0.3) is 22.7 Å². The number of thiazole rings is 1. The molecule has 0 spiro atoms. The van der Waals surface area contributed by atoms with Gasteiger partial charge in [0.15, 0.2) is 0 Å². The van der Waals surface area contributed by atoms with Gasteiger partial charge < -0.3 is 14.6 Å². The van der Waals surface area contributed by atoms with E-state index in [9.17, 15) is 9.59 Å². The summed E-state index contributed by atoms with van der Waals surface area (Å²) in [6.45, 7) is 3.83. The second-order valence-electron chi connectivity index (χ2n) is 10.3. The third-order valence-electron chi connectivity index (χ3n) is 7.30. The van der Waals surface area contributed by atoms with Crippen molar-refractivity contribution in [3.8, 4) is 16.5 Å². The number of nitrogens with one attached hydrogen (secondary N) is 3. The number of pyridine rings is 2. The number of rotatable bonds is 8. The number of hydrogen-bond donors (Lipinski definition) is 3. The van der Waals surface area contributed by atoms with Crippen molar-refractivity contribution in [2.45, 2.75) is 26.2 Å². The second kappa shape index (κ2) is 12.4. The minimum Gasteiger partial charge on any atom is -0.477 e. The van der Waals surface area contributed by atoms with Gasteiger partial charge >= 0.3 is 6.03 Å². The van der Waals surface area contributed by atoms with Gasteiger partial charge in [-0.2, -0.15) is 4.98 Å². The highest BCUT2D eigenvalue weighted by Crippen LogP contribution is 2.27. The topological polar surface area (TPSA) is 125 Å². The van der Waals surface area contributed by atoms with Crippen LogP contribution in [0, 0.1) is 12.8 Å². The van der Waals surface area contributed by atoms with E-state index in [0.717, 1.165) is 45.9 Å². The number of aromatic amines is 1. The molecule has 0 saturated carbocycles. The van der Waals surface area contributed by atoms with E-state index >= 15 is 0 Å². The van der Waals surface area contributed by atoms with Gasteiger partial charge in [0.1, 0.15) is 16.6 Å². The number of amides is 3. The molecule has 6 rings (SSSR count). The zero-order chi connectivity index (χ0) is 28.9. The molecule has 1 saturated heterocycles. The summed E-state index contributed by atoms with van der Waals surface area (Å²) in [5.74, 6) is 1.57. The van der Waals surface area contributed by atoms with Gasteiger partial charge in [-0.25, -0.2) is 9.78 Å². The van der Waals surface area contributed by atoms with E-state index in [2.05, 4.69) is 54.9 Å². The van der Waals surface area contributed by atoms with Crippen molar-refractivity contribution in [2.24, 2.45) is 5.92 Å². The maximum atomic E-state index is 13.2. The number of fused-ring (bicyclic) bond motifs is 1. The molecule has 10 nitrogen and oxygen atoms in total. The third-order valence-corrected chi connectivity index (χ3v) is 8.19. The standard InChI is InChI=1S/C31H31N7O3S/c1-20-24(23-6-3-2-4-7-25(23)33-20)16-29(39)38-15-12-21(17-38)18-41-28-9-5-8-26(34-28)36-31(40)37-27-19-42-30(35-27)22-10-13-32-14-11-22/h3-11,13-14,19,21,33H,2,12,15-18H2,1H3,(H2,34,36,37,40). The van der Waals surface area contributed by atoms with E-state index in [1.54, 1.807) is 36.0 Å². The molecule has 4 aromatic heterocycles. The molecule has 5 heterocycles. The first-order valence-corrected chi connectivity index (χ1v) is 14.8. The Kier molecular flexibility index (Phi) is 8.09. The van der Waals surface area contributed by atoms with Crippen molar-refractivity contribution in [3.05, 3.63) is 82.8 Å². The Morgan fingerprint density at radius 3 is 2.81 bits per heavy atom. The molecule has 1 fully saturated rings. The lowest BCUT2D eigenvalue weighted by atomic mass is 10.0. The summed E-state index contributed by atoms with van der Waals surface area (Å²) < 4.78 is 5.97. The Labute approximate surface area is 247 Å². The minimum absolute atomic E-state index is 0.132. The van der Waals surface area contributed by atoms with E-state index in [1.165, 1.54) is 11.3 Å². The number of hydrogen-bond acceptors (Lipinski definition) is 7. The molecule has 11 heteroatoms. The molecule has 3 N–H and O–H groups in total. The van der Waals surface area contributed by atoms with Crippen molar-refractivity contribution >= 4 is 47.1 Å². The third kappa shape index (κ3) is 6.41. The summed E-state index contributed by atoms with van der Waals surface area (Å²) in [7, 11) is 0. The number of H-pyrrole nitrogens is 1. The van der Waals surface area contributed by atoms with Crippen LogP contribution >= 0.6 is 11.3 Å². The van der Waals surface area contributed by atoms with Crippen LogP contribution in [0.2, 0.25) is 0 Å². The lowest BCUT2D eigenvalue weighted by Crippen LogP contribution is -2.31. The van der Waals surface area contributed by atoms with E-state index in [4.69, 9.17) is 4.74 Å². The van der Waals surface area contributed by atoms with Gasteiger partial charge in [0, 0.05) is 65.4 Å². The van der Waals surface area contributed by atoms with Gasteiger partial charge in [-0.15, -0.1) is 11.3 Å². The number of urea groups is 1. The molecule has 0 bridgehead atoms. The number of ether oxygens (including phenoxy) is 1. The Hall–Kier alpha value is -4.77. The average Bonchev–Trinajstić information content (AvgIpc) is 3.69. The van der Waals surface area contributed by atoms with Gasteiger partial charge in [0.2, 0.25) is 11.8 Å². The molecule has 4 aromatic rings. The molecule has 1 aliphatic carbocycles. The molecule has 1 atom stereocenters. The molecule has 0 aromatic carbocycles. The monoisotopic (exact) mass is 581 g/mol. The summed E-state index contributed by atoms with van der Waals surface area (Å²) in [6.07, 6.45) is 14.0.